The first-order valence-corrected chi connectivity index (χ1v) is 23.5. The number of fused-ring (bicyclic) bond motifs is 16. The molecule has 0 atom stereocenters. The Balaban J connectivity index is 0.948. The number of hydrogen-bond donors (Lipinski definition) is 0. The largest absolute Gasteiger partial charge is 0.455 e. The Bertz CT molecular complexity index is 3820. The topological polar surface area (TPSA) is 12.5 Å². The minimum Gasteiger partial charge on any atom is -0.455 e. The first-order chi connectivity index (χ1) is 32.7. The van der Waals surface area contributed by atoms with Gasteiger partial charge in [-0.15, -0.1) is 11.3 Å². The Labute approximate surface area is 386 Å². The second-order valence-corrected chi connectivity index (χ2v) is 18.6. The van der Waals surface area contributed by atoms with E-state index in [2.05, 4.69) is 241 Å². The highest BCUT2D eigenvalue weighted by molar-refractivity contribution is 7.26. The molecule has 1 spiro atoms. The lowest BCUT2D eigenvalue weighted by Crippen LogP contribution is -2.32. The minimum atomic E-state index is -0.607. The van der Waals surface area contributed by atoms with Crippen molar-refractivity contribution in [2.75, 3.05) is 4.90 Å². The molecule has 3 heteroatoms. The van der Waals surface area contributed by atoms with Crippen molar-refractivity contribution >= 4 is 70.1 Å². The van der Waals surface area contributed by atoms with Crippen LogP contribution in [0.2, 0.25) is 0 Å². The van der Waals surface area contributed by atoms with Gasteiger partial charge in [0.05, 0.1) is 15.8 Å². The summed E-state index contributed by atoms with van der Waals surface area (Å²) in [6.45, 7) is 0. The Morgan fingerprint density at radius 1 is 0.348 bits per heavy atom. The molecule has 11 aromatic carbocycles. The van der Waals surface area contributed by atoms with Gasteiger partial charge in [0.25, 0.3) is 0 Å². The lowest BCUT2D eigenvalue weighted by Gasteiger charge is -2.40. The van der Waals surface area contributed by atoms with Gasteiger partial charge in [0, 0.05) is 48.7 Å². The van der Waals surface area contributed by atoms with Crippen LogP contribution in [0.15, 0.2) is 237 Å². The minimum absolute atomic E-state index is 0.607. The Hall–Kier alpha value is -8.24. The third-order valence-electron chi connectivity index (χ3n) is 14.1. The fraction of sp³-hybridized carbons (Fsp3) is 0.0159. The molecule has 0 bridgehead atoms. The summed E-state index contributed by atoms with van der Waals surface area (Å²) in [6.07, 6.45) is 0. The van der Waals surface area contributed by atoms with E-state index in [0.717, 1.165) is 39.2 Å². The average molecular weight is 858 g/mol. The number of benzene rings is 11. The van der Waals surface area contributed by atoms with E-state index in [4.69, 9.17) is 4.74 Å². The summed E-state index contributed by atoms with van der Waals surface area (Å²) in [5, 5.41) is 7.15. The molecule has 1 aliphatic carbocycles. The maximum absolute atomic E-state index is 7.21. The second-order valence-electron chi connectivity index (χ2n) is 17.5. The van der Waals surface area contributed by atoms with Crippen LogP contribution in [0.5, 0.6) is 11.5 Å². The first-order valence-electron chi connectivity index (χ1n) is 22.7. The number of ether oxygens (including phenoxy) is 1. The molecule has 66 heavy (non-hydrogen) atoms. The van der Waals surface area contributed by atoms with Crippen molar-refractivity contribution in [2.45, 2.75) is 5.41 Å². The van der Waals surface area contributed by atoms with Gasteiger partial charge in [0.2, 0.25) is 0 Å². The van der Waals surface area contributed by atoms with Crippen molar-refractivity contribution < 1.29 is 4.74 Å². The summed E-state index contributed by atoms with van der Waals surface area (Å²) in [7, 11) is 0. The predicted molar refractivity (Wildman–Crippen MR) is 277 cm³/mol. The zero-order chi connectivity index (χ0) is 43.3. The quantitative estimate of drug-likeness (QED) is 0.171. The summed E-state index contributed by atoms with van der Waals surface area (Å²) in [5.74, 6) is 1.86. The molecule has 12 aromatic rings. The van der Waals surface area contributed by atoms with E-state index >= 15 is 0 Å². The summed E-state index contributed by atoms with van der Waals surface area (Å²) >= 11 is 1.86. The number of rotatable bonds is 5. The number of thiophene rings is 1. The summed E-state index contributed by atoms with van der Waals surface area (Å²) in [4.78, 5) is 2.43. The van der Waals surface area contributed by atoms with E-state index in [9.17, 15) is 0 Å². The molecule has 2 heterocycles. The molecule has 0 unspecified atom stereocenters. The summed E-state index contributed by atoms with van der Waals surface area (Å²) < 4.78 is 9.78. The van der Waals surface area contributed by atoms with Crippen molar-refractivity contribution in [3.8, 4) is 44.9 Å². The fourth-order valence-electron chi connectivity index (χ4n) is 11.2. The number of nitrogens with zero attached hydrogens (tertiary/aromatic N) is 1. The van der Waals surface area contributed by atoms with Crippen molar-refractivity contribution in [2.24, 2.45) is 0 Å². The molecule has 0 saturated carbocycles. The monoisotopic (exact) mass is 857 g/mol. The van der Waals surface area contributed by atoms with Crippen molar-refractivity contribution in [3.63, 3.8) is 0 Å². The van der Waals surface area contributed by atoms with Crippen LogP contribution in [0.1, 0.15) is 22.3 Å². The lowest BCUT2D eigenvalue weighted by molar-refractivity contribution is 0.447. The van der Waals surface area contributed by atoms with E-state index < -0.39 is 5.41 Å². The zero-order valence-corrected chi connectivity index (χ0v) is 36.6. The molecule has 0 fully saturated rings. The van der Waals surface area contributed by atoms with Crippen molar-refractivity contribution in [3.05, 3.63) is 259 Å². The van der Waals surface area contributed by atoms with E-state index in [0.29, 0.717) is 0 Å². The number of hydrogen-bond acceptors (Lipinski definition) is 3. The van der Waals surface area contributed by atoms with Crippen LogP contribution >= 0.6 is 11.3 Å². The molecule has 1 aromatic heterocycles. The molecular weight excluding hydrogens is 819 g/mol. The molecule has 308 valence electrons. The summed E-state index contributed by atoms with van der Waals surface area (Å²) in [5.41, 5.74) is 15.0. The van der Waals surface area contributed by atoms with Crippen LogP contribution in [0.3, 0.4) is 0 Å². The SMILES string of the molecule is c1ccc(-c2ccc(N(c3ccc(-c4ccc5c(c4)C4(c6ccccc6-5)c5ccc6ccccc6c5Oc5c4ccc4ccccc54)cc3)c3cccc4c3sc3ccccc34)cc2)cc1. The van der Waals surface area contributed by atoms with Crippen LogP contribution < -0.4 is 9.64 Å². The molecule has 2 nitrogen and oxygen atoms in total. The number of anilines is 3. The van der Waals surface area contributed by atoms with Crippen LogP contribution in [0.25, 0.3) is 75.1 Å². The van der Waals surface area contributed by atoms with Crippen LogP contribution in [0, 0.1) is 0 Å². The zero-order valence-electron chi connectivity index (χ0n) is 35.8. The third kappa shape index (κ3) is 5.35. The maximum atomic E-state index is 7.21. The van der Waals surface area contributed by atoms with Gasteiger partial charge in [-0.3, -0.25) is 0 Å². The average Bonchev–Trinajstić information content (AvgIpc) is 3.91. The Morgan fingerprint density at radius 3 is 1.58 bits per heavy atom. The molecule has 1 aliphatic heterocycles. The van der Waals surface area contributed by atoms with Gasteiger partial charge < -0.3 is 9.64 Å². The molecule has 0 radical (unpaired) electrons. The van der Waals surface area contributed by atoms with E-state index in [-0.39, 0.29) is 0 Å². The van der Waals surface area contributed by atoms with Gasteiger partial charge in [-0.05, 0) is 97.7 Å². The highest BCUT2D eigenvalue weighted by atomic mass is 32.1. The highest BCUT2D eigenvalue weighted by Gasteiger charge is 2.52. The molecule has 14 rings (SSSR count). The molecule has 2 aliphatic rings. The standard InChI is InChI=1S/C63H39NOS/c1-2-13-40(14-3-1)41-25-32-46(33-26-41)64(58-23-12-21-53-52-20-9-11-24-59(52)66-62(53)58)47-34-27-42(28-35-47)45-29-36-51-50-19-8-10-22-54(50)63(57(51)39-45)55-37-30-43-15-4-6-17-48(43)60(55)65-61-49-18-7-5-16-44(49)31-38-56(61)63/h1-39H. The molecule has 0 N–H and O–H groups in total. The lowest BCUT2D eigenvalue weighted by atomic mass is 9.65. The van der Waals surface area contributed by atoms with Gasteiger partial charge in [0.1, 0.15) is 11.5 Å². The maximum Gasteiger partial charge on any atom is 0.140 e. The van der Waals surface area contributed by atoms with Crippen molar-refractivity contribution in [1.29, 1.82) is 0 Å². The van der Waals surface area contributed by atoms with E-state index in [1.54, 1.807) is 0 Å². The summed E-state index contributed by atoms with van der Waals surface area (Å²) in [6, 6.07) is 86.9. The Kier molecular flexibility index (Phi) is 8.10. The first kappa shape index (κ1) is 37.2. The predicted octanol–water partition coefficient (Wildman–Crippen LogP) is 17.6. The fourth-order valence-corrected chi connectivity index (χ4v) is 12.4. The van der Waals surface area contributed by atoms with Gasteiger partial charge in [-0.2, -0.15) is 0 Å². The van der Waals surface area contributed by atoms with Crippen LogP contribution in [-0.4, -0.2) is 0 Å². The normalized spacial score (nSPS) is 13.1. The van der Waals surface area contributed by atoms with E-state index in [1.807, 2.05) is 11.3 Å². The third-order valence-corrected chi connectivity index (χ3v) is 15.3. The Morgan fingerprint density at radius 2 is 0.879 bits per heavy atom. The van der Waals surface area contributed by atoms with E-state index in [1.165, 1.54) is 86.7 Å². The smallest absolute Gasteiger partial charge is 0.140 e. The van der Waals surface area contributed by atoms with Gasteiger partial charge in [-0.1, -0.05) is 194 Å². The van der Waals surface area contributed by atoms with Crippen LogP contribution in [0.4, 0.5) is 17.1 Å². The van der Waals surface area contributed by atoms with Gasteiger partial charge in [-0.25, -0.2) is 0 Å². The highest BCUT2D eigenvalue weighted by Crippen LogP contribution is 2.64. The molecular formula is C63H39NOS. The van der Waals surface area contributed by atoms with Crippen LogP contribution in [-0.2, 0) is 5.41 Å². The van der Waals surface area contributed by atoms with Gasteiger partial charge >= 0.3 is 0 Å². The second kappa shape index (κ2) is 14.4. The van der Waals surface area contributed by atoms with Crippen molar-refractivity contribution in [1.82, 2.24) is 0 Å². The molecule has 0 saturated heterocycles. The van der Waals surface area contributed by atoms with Gasteiger partial charge in [0.15, 0.2) is 0 Å². The molecule has 0 amide bonds.